The van der Waals surface area contributed by atoms with Crippen molar-refractivity contribution < 1.29 is 18.8 Å². The molecular weight excluding hydrogens is 228 g/mol. The number of likely N-dealkylation sites (N-methyl/N-ethyl adjacent to an activating group) is 2. The Kier molecular flexibility index (Phi) is 6.05. The summed E-state index contributed by atoms with van der Waals surface area (Å²) < 4.78 is 7.59. The number of hydrogen-bond acceptors (Lipinski definition) is 2. The van der Waals surface area contributed by atoms with Crippen LogP contribution in [0.15, 0.2) is 0 Å². The van der Waals surface area contributed by atoms with E-state index >= 15 is 0 Å². The van der Waals surface area contributed by atoms with E-state index in [2.05, 4.69) is 28.1 Å². The van der Waals surface area contributed by atoms with Crippen molar-refractivity contribution >= 4 is 0 Å². The number of ether oxygens (including phenoxy) is 1. The largest absolute Gasteiger partial charge is 0.385 e. The third-order valence-electron chi connectivity index (χ3n) is 4.09. The standard InChI is InChI=1S/C14H32N2O2/c1-5-6-11-18-13-14(17)12-16(4)9-7-15(2,3)8-10-16/h14,17H,5-13H2,1-4H3/q+2. The first-order chi connectivity index (χ1) is 8.37. The van der Waals surface area contributed by atoms with E-state index in [1.165, 1.54) is 13.1 Å². The summed E-state index contributed by atoms with van der Waals surface area (Å²) in [6.45, 7) is 8.94. The molecule has 4 nitrogen and oxygen atoms in total. The molecule has 0 aliphatic carbocycles. The molecule has 0 saturated carbocycles. The number of piperazine rings is 1. The Labute approximate surface area is 112 Å². The quantitative estimate of drug-likeness (QED) is 0.539. The van der Waals surface area contributed by atoms with E-state index in [1.54, 1.807) is 0 Å². The van der Waals surface area contributed by atoms with E-state index < -0.39 is 0 Å². The van der Waals surface area contributed by atoms with E-state index in [1.807, 2.05) is 0 Å². The van der Waals surface area contributed by atoms with Crippen LogP contribution in [0.25, 0.3) is 0 Å². The zero-order chi connectivity index (χ0) is 13.6. The van der Waals surface area contributed by atoms with Gasteiger partial charge in [-0.1, -0.05) is 13.3 Å². The molecule has 1 saturated heterocycles. The average Bonchev–Trinajstić information content (AvgIpc) is 2.29. The average molecular weight is 260 g/mol. The number of rotatable bonds is 7. The third-order valence-corrected chi connectivity index (χ3v) is 4.09. The minimum Gasteiger partial charge on any atom is -0.385 e. The molecule has 1 heterocycles. The SMILES string of the molecule is CCCCOCC(O)C[N+]1(C)CC[N+](C)(C)CC1. The second-order valence-corrected chi connectivity index (χ2v) is 6.71. The van der Waals surface area contributed by atoms with Crippen LogP contribution in [0.3, 0.4) is 0 Å². The van der Waals surface area contributed by atoms with Crippen LogP contribution in [0.2, 0.25) is 0 Å². The molecule has 1 rings (SSSR count). The van der Waals surface area contributed by atoms with Gasteiger partial charge in [-0.15, -0.1) is 0 Å². The molecule has 1 atom stereocenters. The number of nitrogens with zero attached hydrogens (tertiary/aromatic N) is 2. The van der Waals surface area contributed by atoms with Crippen LogP contribution >= 0.6 is 0 Å². The predicted molar refractivity (Wildman–Crippen MR) is 74.4 cm³/mol. The van der Waals surface area contributed by atoms with Crippen LogP contribution < -0.4 is 0 Å². The molecule has 1 aliphatic rings. The minimum absolute atomic E-state index is 0.319. The van der Waals surface area contributed by atoms with Crippen molar-refractivity contribution in [3.8, 4) is 0 Å². The van der Waals surface area contributed by atoms with Gasteiger partial charge in [0.15, 0.2) is 0 Å². The van der Waals surface area contributed by atoms with E-state index in [0.717, 1.165) is 48.0 Å². The summed E-state index contributed by atoms with van der Waals surface area (Å²) in [4.78, 5) is 0. The van der Waals surface area contributed by atoms with Gasteiger partial charge in [-0.2, -0.15) is 0 Å². The van der Waals surface area contributed by atoms with Crippen molar-refractivity contribution in [2.45, 2.75) is 25.9 Å². The van der Waals surface area contributed by atoms with Gasteiger partial charge in [0, 0.05) is 6.61 Å². The summed E-state index contributed by atoms with van der Waals surface area (Å²) in [5, 5.41) is 10.1. The molecule has 0 aromatic carbocycles. The Balaban J connectivity index is 2.24. The van der Waals surface area contributed by atoms with Crippen molar-refractivity contribution in [1.29, 1.82) is 0 Å². The molecule has 18 heavy (non-hydrogen) atoms. The summed E-state index contributed by atoms with van der Waals surface area (Å²) in [6.07, 6.45) is 1.92. The molecular formula is C14H32N2O2+2. The van der Waals surface area contributed by atoms with Crippen molar-refractivity contribution in [2.24, 2.45) is 0 Å². The zero-order valence-corrected chi connectivity index (χ0v) is 12.7. The highest BCUT2D eigenvalue weighted by Crippen LogP contribution is 2.14. The zero-order valence-electron chi connectivity index (χ0n) is 12.7. The summed E-state index contributed by atoms with van der Waals surface area (Å²) in [7, 11) is 6.83. The fourth-order valence-corrected chi connectivity index (χ4v) is 2.46. The van der Waals surface area contributed by atoms with Crippen molar-refractivity contribution in [2.75, 3.05) is 67.1 Å². The van der Waals surface area contributed by atoms with Gasteiger partial charge >= 0.3 is 0 Å². The molecule has 0 amide bonds. The maximum absolute atomic E-state index is 10.1. The van der Waals surface area contributed by atoms with Crippen LogP contribution in [0.5, 0.6) is 0 Å². The molecule has 0 radical (unpaired) electrons. The van der Waals surface area contributed by atoms with Crippen LogP contribution in [0.4, 0.5) is 0 Å². The third kappa shape index (κ3) is 5.65. The lowest BCUT2D eigenvalue weighted by atomic mass is 10.2. The number of aliphatic hydroxyl groups excluding tert-OH is 1. The molecule has 0 aromatic heterocycles. The van der Waals surface area contributed by atoms with Crippen molar-refractivity contribution in [3.05, 3.63) is 0 Å². The fraction of sp³-hybridized carbons (Fsp3) is 1.00. The van der Waals surface area contributed by atoms with Crippen LogP contribution in [0.1, 0.15) is 19.8 Å². The highest BCUT2D eigenvalue weighted by Gasteiger charge is 2.35. The topological polar surface area (TPSA) is 29.5 Å². The first-order valence-electron chi connectivity index (χ1n) is 7.28. The molecule has 1 fully saturated rings. The molecule has 0 aromatic rings. The van der Waals surface area contributed by atoms with E-state index in [4.69, 9.17) is 4.74 Å². The van der Waals surface area contributed by atoms with Gasteiger partial charge in [0.2, 0.25) is 0 Å². The van der Waals surface area contributed by atoms with E-state index in [9.17, 15) is 5.11 Å². The van der Waals surface area contributed by atoms with Gasteiger partial charge in [0.1, 0.15) is 38.8 Å². The smallest absolute Gasteiger partial charge is 0.129 e. The maximum atomic E-state index is 10.1. The minimum atomic E-state index is -0.319. The second kappa shape index (κ2) is 6.85. The Morgan fingerprint density at radius 3 is 2.28 bits per heavy atom. The van der Waals surface area contributed by atoms with Gasteiger partial charge in [-0.25, -0.2) is 0 Å². The number of aliphatic hydroxyl groups is 1. The Morgan fingerprint density at radius 1 is 1.11 bits per heavy atom. The van der Waals surface area contributed by atoms with Gasteiger partial charge in [0.05, 0.1) is 27.7 Å². The normalized spacial score (nSPS) is 23.8. The van der Waals surface area contributed by atoms with Gasteiger partial charge < -0.3 is 18.8 Å². The monoisotopic (exact) mass is 260 g/mol. The number of hydrogen-bond donors (Lipinski definition) is 1. The van der Waals surface area contributed by atoms with Gasteiger partial charge in [-0.3, -0.25) is 0 Å². The van der Waals surface area contributed by atoms with Crippen LogP contribution in [0, 0.1) is 0 Å². The highest BCUT2D eigenvalue weighted by atomic mass is 16.5. The first-order valence-corrected chi connectivity index (χ1v) is 7.28. The lowest BCUT2D eigenvalue weighted by Crippen LogP contribution is -2.64. The predicted octanol–water partition coefficient (Wildman–Crippen LogP) is 0.701. The molecule has 108 valence electrons. The summed E-state index contributed by atoms with van der Waals surface area (Å²) in [5.41, 5.74) is 0. The summed E-state index contributed by atoms with van der Waals surface area (Å²) in [6, 6.07) is 0. The lowest BCUT2D eigenvalue weighted by molar-refractivity contribution is -1.01. The number of quaternary nitrogens is 2. The Morgan fingerprint density at radius 2 is 1.72 bits per heavy atom. The molecule has 0 spiro atoms. The summed E-state index contributed by atoms with van der Waals surface area (Å²) in [5.74, 6) is 0. The van der Waals surface area contributed by atoms with Gasteiger partial charge in [0.25, 0.3) is 0 Å². The molecule has 1 aliphatic heterocycles. The molecule has 1 N–H and O–H groups in total. The fourth-order valence-electron chi connectivity index (χ4n) is 2.46. The van der Waals surface area contributed by atoms with Crippen LogP contribution in [-0.2, 0) is 4.74 Å². The van der Waals surface area contributed by atoms with Gasteiger partial charge in [-0.05, 0) is 6.42 Å². The van der Waals surface area contributed by atoms with E-state index in [-0.39, 0.29) is 6.10 Å². The maximum Gasteiger partial charge on any atom is 0.129 e. The first kappa shape index (κ1) is 15.9. The molecule has 4 heteroatoms. The van der Waals surface area contributed by atoms with Crippen molar-refractivity contribution in [1.82, 2.24) is 0 Å². The summed E-state index contributed by atoms with van der Waals surface area (Å²) >= 11 is 0. The van der Waals surface area contributed by atoms with Crippen LogP contribution in [-0.4, -0.2) is 87.3 Å². The van der Waals surface area contributed by atoms with Crippen molar-refractivity contribution in [3.63, 3.8) is 0 Å². The van der Waals surface area contributed by atoms with E-state index in [0.29, 0.717) is 6.61 Å². The lowest BCUT2D eigenvalue weighted by Gasteiger charge is -2.45. The Hall–Kier alpha value is -0.160. The molecule has 0 bridgehead atoms. The molecule has 1 unspecified atom stereocenters. The number of unbranched alkanes of at least 4 members (excludes halogenated alkanes) is 1. The highest BCUT2D eigenvalue weighted by molar-refractivity contribution is 4.56. The second-order valence-electron chi connectivity index (χ2n) is 6.71. The Bertz CT molecular complexity index is 234.